The quantitative estimate of drug-likeness (QED) is 0.322. The predicted molar refractivity (Wildman–Crippen MR) is 158 cm³/mol. The third-order valence-corrected chi connectivity index (χ3v) is 9.69. The van der Waals surface area contributed by atoms with Crippen LogP contribution in [0.2, 0.25) is 0 Å². The topological polar surface area (TPSA) is 123 Å². The van der Waals surface area contributed by atoms with Crippen LogP contribution in [-0.4, -0.2) is 34.3 Å². The molecule has 0 saturated heterocycles. The van der Waals surface area contributed by atoms with E-state index >= 15 is 0 Å². The Morgan fingerprint density at radius 1 is 1.00 bits per heavy atom. The van der Waals surface area contributed by atoms with E-state index in [2.05, 4.69) is 9.71 Å². The Bertz CT molecular complexity index is 1740. The average Bonchev–Trinajstić information content (AvgIpc) is 2.97. The fourth-order valence-electron chi connectivity index (χ4n) is 4.59. The van der Waals surface area contributed by atoms with Gasteiger partial charge in [-0.1, -0.05) is 68.1 Å². The van der Waals surface area contributed by atoms with Crippen LogP contribution in [0.3, 0.4) is 0 Å². The Balaban J connectivity index is 0.00000387. The smallest absolute Gasteiger partial charge is 0.266 e. The summed E-state index contributed by atoms with van der Waals surface area (Å²) in [6.07, 6.45) is 1.23. The highest BCUT2D eigenvalue weighted by Gasteiger charge is 2.37. The molecule has 9 nitrogen and oxygen atoms in total. The molecule has 214 valence electrons. The molecule has 1 aliphatic heterocycles. The number of sulfonamides is 1. The molecule has 1 aromatic heterocycles. The number of nitrogens with one attached hydrogen (secondary N) is 1. The molecule has 3 aromatic carbocycles. The third kappa shape index (κ3) is 6.41. The van der Waals surface area contributed by atoms with E-state index in [4.69, 9.17) is 4.74 Å². The summed E-state index contributed by atoms with van der Waals surface area (Å²) >= 11 is 0. The zero-order chi connectivity index (χ0) is 28.3. The molecule has 0 aliphatic carbocycles. The summed E-state index contributed by atoms with van der Waals surface area (Å²) in [6.45, 7) is 2.29. The lowest BCUT2D eigenvalue weighted by molar-refractivity contribution is 0.0981. The summed E-state index contributed by atoms with van der Waals surface area (Å²) in [6, 6.07) is 25.1. The van der Waals surface area contributed by atoms with Crippen LogP contribution < -0.4 is 14.4 Å². The van der Waals surface area contributed by atoms with Crippen molar-refractivity contribution in [3.63, 3.8) is 0 Å². The highest BCUT2D eigenvalue weighted by molar-refractivity contribution is 7.91. The maximum atomic E-state index is 14.1. The lowest BCUT2D eigenvalue weighted by Crippen LogP contribution is -2.35. The second kappa shape index (κ2) is 12.1. The summed E-state index contributed by atoms with van der Waals surface area (Å²) in [7, 11) is -7.90. The number of rotatable bonds is 7. The Hall–Kier alpha value is -4.22. The summed E-state index contributed by atoms with van der Waals surface area (Å²) in [5.41, 5.74) is 1.75. The number of benzene rings is 3. The van der Waals surface area contributed by atoms with Gasteiger partial charge in [0, 0.05) is 18.3 Å². The number of carbonyl (C=O) groups is 1. The Morgan fingerprint density at radius 3 is 2.44 bits per heavy atom. The number of hydrogen-bond donors (Lipinski definition) is 1. The first-order chi connectivity index (χ1) is 19.2. The number of para-hydroxylation sites is 1. The van der Waals surface area contributed by atoms with Crippen LogP contribution in [0.25, 0.3) is 0 Å². The maximum Gasteiger partial charge on any atom is 0.266 e. The van der Waals surface area contributed by atoms with Gasteiger partial charge in [-0.15, -0.1) is 0 Å². The van der Waals surface area contributed by atoms with E-state index < -0.39 is 31.1 Å². The second-order valence-electron chi connectivity index (χ2n) is 9.24. The number of anilines is 1. The minimum atomic E-state index is -3.95. The number of ether oxygens (including phenoxy) is 1. The molecule has 5 rings (SSSR count). The summed E-state index contributed by atoms with van der Waals surface area (Å²) in [5.74, 6) is -0.443. The van der Waals surface area contributed by atoms with E-state index in [1.807, 2.05) is 6.07 Å². The van der Waals surface area contributed by atoms with Gasteiger partial charge in [0.2, 0.25) is 19.9 Å². The van der Waals surface area contributed by atoms with Gasteiger partial charge in [0.05, 0.1) is 16.2 Å². The molecule has 1 N–H and O–H groups in total. The Labute approximate surface area is 240 Å². The van der Waals surface area contributed by atoms with E-state index in [1.54, 1.807) is 84.6 Å². The summed E-state index contributed by atoms with van der Waals surface area (Å²) in [4.78, 5) is 18.9. The van der Waals surface area contributed by atoms with Gasteiger partial charge in [0.1, 0.15) is 18.2 Å². The monoisotopic (exact) mass is 593 g/mol. The first-order valence-corrected chi connectivity index (χ1v) is 15.7. The first kappa shape index (κ1) is 29.8. The molecule has 2 bridgehead atoms. The molecule has 2 heterocycles. The summed E-state index contributed by atoms with van der Waals surface area (Å²) in [5, 5.41) is -1.17. The second-order valence-corrected chi connectivity index (χ2v) is 13.0. The van der Waals surface area contributed by atoms with Crippen molar-refractivity contribution in [3.05, 3.63) is 119 Å². The lowest BCUT2D eigenvalue weighted by atomic mass is 10.1. The zero-order valence-corrected chi connectivity index (χ0v) is 23.2. The molecular formula is C30H31N3O6S2. The van der Waals surface area contributed by atoms with Gasteiger partial charge < -0.3 is 9.64 Å². The number of aromatic nitrogens is 1. The molecule has 0 radical (unpaired) electrons. The Kier molecular flexibility index (Phi) is 8.79. The first-order valence-electron chi connectivity index (χ1n) is 12.5. The highest BCUT2D eigenvalue weighted by atomic mass is 32.2. The van der Waals surface area contributed by atoms with Gasteiger partial charge in [-0.25, -0.2) is 26.5 Å². The van der Waals surface area contributed by atoms with Crippen molar-refractivity contribution < 1.29 is 26.4 Å². The molecule has 1 amide bonds. The third-order valence-electron chi connectivity index (χ3n) is 6.48. The predicted octanol–water partition coefficient (Wildman–Crippen LogP) is 4.87. The fourth-order valence-corrected chi connectivity index (χ4v) is 7.66. The molecule has 1 atom stereocenters. The van der Waals surface area contributed by atoms with Crippen molar-refractivity contribution in [1.82, 2.24) is 9.71 Å². The van der Waals surface area contributed by atoms with Gasteiger partial charge in [-0.2, -0.15) is 0 Å². The van der Waals surface area contributed by atoms with Gasteiger partial charge in [-0.05, 0) is 48.4 Å². The van der Waals surface area contributed by atoms with Gasteiger partial charge in [-0.3, -0.25) is 4.79 Å². The number of amides is 1. The van der Waals surface area contributed by atoms with Crippen molar-refractivity contribution in [2.75, 3.05) is 11.4 Å². The van der Waals surface area contributed by atoms with Crippen LogP contribution in [0, 0.1) is 0 Å². The van der Waals surface area contributed by atoms with E-state index in [9.17, 15) is 21.6 Å². The van der Waals surface area contributed by atoms with Gasteiger partial charge >= 0.3 is 0 Å². The number of hydrogen-bond acceptors (Lipinski definition) is 8. The van der Waals surface area contributed by atoms with E-state index in [-0.39, 0.29) is 36.8 Å². The number of fused-ring (bicyclic) bond motifs is 3. The largest absolute Gasteiger partial charge is 0.489 e. The van der Waals surface area contributed by atoms with Crippen molar-refractivity contribution in [1.29, 1.82) is 0 Å². The summed E-state index contributed by atoms with van der Waals surface area (Å²) < 4.78 is 61.3. The molecule has 1 unspecified atom stereocenters. The Morgan fingerprint density at radius 2 is 1.73 bits per heavy atom. The average molecular weight is 594 g/mol. The van der Waals surface area contributed by atoms with E-state index in [0.717, 1.165) is 5.56 Å². The lowest BCUT2D eigenvalue weighted by Gasteiger charge is -2.32. The molecule has 11 heteroatoms. The van der Waals surface area contributed by atoms with Gasteiger partial charge in [0.15, 0.2) is 5.37 Å². The van der Waals surface area contributed by atoms with Crippen molar-refractivity contribution in [2.24, 2.45) is 0 Å². The standard InChI is InChI=1S/C29H27N3O6S2.CH4/c1-2-32(27-16-15-23(18-30-27)28(33)31-39(34,35)20-21-9-4-3-5-10-21)29-25-13-6-7-14-26(25)38-19-22-11-8-12-24(17-22)40(29,36)37;/h3-18,29H,2,19-20H2,1H3,(H,31,33);1H4. The van der Waals surface area contributed by atoms with E-state index in [1.165, 1.54) is 18.3 Å². The number of carbonyl (C=O) groups excluding carboxylic acids is 1. The van der Waals surface area contributed by atoms with Crippen LogP contribution in [-0.2, 0) is 32.2 Å². The fraction of sp³-hybridized carbons (Fsp3) is 0.200. The van der Waals surface area contributed by atoms with Crippen molar-refractivity contribution in [2.45, 2.75) is 37.0 Å². The number of pyridine rings is 1. The molecular weight excluding hydrogens is 562 g/mol. The van der Waals surface area contributed by atoms with E-state index in [0.29, 0.717) is 22.7 Å². The van der Waals surface area contributed by atoms with Crippen LogP contribution in [0.5, 0.6) is 5.75 Å². The zero-order valence-electron chi connectivity index (χ0n) is 21.6. The molecule has 41 heavy (non-hydrogen) atoms. The van der Waals surface area contributed by atoms with Gasteiger partial charge in [0.25, 0.3) is 5.91 Å². The molecule has 4 aromatic rings. The number of sulfone groups is 1. The van der Waals surface area contributed by atoms with Crippen LogP contribution in [0.15, 0.2) is 102 Å². The molecule has 1 aliphatic rings. The van der Waals surface area contributed by atoms with Crippen molar-refractivity contribution in [3.8, 4) is 5.75 Å². The van der Waals surface area contributed by atoms with Crippen LogP contribution >= 0.6 is 0 Å². The normalized spacial score (nSPS) is 15.5. The highest BCUT2D eigenvalue weighted by Crippen LogP contribution is 2.40. The molecule has 0 spiro atoms. The van der Waals surface area contributed by atoms with Crippen LogP contribution in [0.4, 0.5) is 5.82 Å². The minimum absolute atomic E-state index is 0. The molecule has 0 saturated carbocycles. The number of nitrogens with zero attached hydrogens (tertiary/aromatic N) is 2. The maximum absolute atomic E-state index is 14.1. The minimum Gasteiger partial charge on any atom is -0.489 e. The van der Waals surface area contributed by atoms with Crippen molar-refractivity contribution >= 4 is 31.6 Å². The SMILES string of the molecule is C.CCN(c1ccc(C(=O)NS(=O)(=O)Cc2ccccc2)cn1)C1c2ccccc2OCc2cccc(c2)S1(=O)=O. The molecule has 0 fully saturated rings. The van der Waals surface area contributed by atoms with Crippen LogP contribution in [0.1, 0.15) is 46.8 Å².